The number of fused-ring (bicyclic) bond motifs is 1. The van der Waals surface area contributed by atoms with Gasteiger partial charge in [0.15, 0.2) is 17.3 Å². The van der Waals surface area contributed by atoms with Crippen LogP contribution in [0.15, 0.2) is 9.90 Å². The highest BCUT2D eigenvalue weighted by atomic mass is 32.1. The topological polar surface area (TPSA) is 86.9 Å². The Kier molecular flexibility index (Phi) is 5.07. The van der Waals surface area contributed by atoms with Gasteiger partial charge < -0.3 is 23.6 Å². The molecule has 1 atom stereocenters. The zero-order valence-corrected chi connectivity index (χ0v) is 15.4. The number of carbonyl (C=O) groups is 1. The Morgan fingerprint density at radius 2 is 2.27 bits per heavy atom. The Morgan fingerprint density at radius 1 is 1.38 bits per heavy atom. The van der Waals surface area contributed by atoms with Crippen molar-refractivity contribution in [1.82, 2.24) is 15.0 Å². The van der Waals surface area contributed by atoms with Crippen molar-refractivity contribution in [3.63, 3.8) is 0 Å². The number of rotatable bonds is 5. The fraction of sp³-hybridized carbons (Fsp3) is 0.588. The Labute approximate surface area is 155 Å². The van der Waals surface area contributed by atoms with E-state index in [1.54, 1.807) is 7.11 Å². The third-order valence-corrected chi connectivity index (χ3v) is 5.49. The van der Waals surface area contributed by atoms with Gasteiger partial charge in [-0.05, 0) is 19.3 Å². The van der Waals surface area contributed by atoms with Crippen LogP contribution in [0.5, 0.6) is 11.5 Å². The van der Waals surface area contributed by atoms with Crippen molar-refractivity contribution in [2.24, 2.45) is 0 Å². The van der Waals surface area contributed by atoms with Crippen molar-refractivity contribution in [2.45, 2.75) is 31.7 Å². The van der Waals surface area contributed by atoms with Crippen LogP contribution in [0.3, 0.4) is 0 Å². The molecule has 4 heterocycles. The van der Waals surface area contributed by atoms with Crippen LogP contribution >= 0.6 is 11.3 Å². The lowest BCUT2D eigenvalue weighted by molar-refractivity contribution is 0.0559. The number of methoxy groups -OCH3 is 1. The number of carbonyl (C=O) groups excluding carboxylic acids is 1. The fourth-order valence-electron chi connectivity index (χ4n) is 3.27. The smallest absolute Gasteiger partial charge is 0.268 e. The summed E-state index contributed by atoms with van der Waals surface area (Å²) in [6.07, 6.45) is 3.37. The summed E-state index contributed by atoms with van der Waals surface area (Å²) in [4.78, 5) is 20.1. The maximum absolute atomic E-state index is 13.2. The second-order valence-corrected chi connectivity index (χ2v) is 7.14. The molecule has 4 rings (SSSR count). The zero-order chi connectivity index (χ0) is 17.9. The number of aromatic nitrogens is 2. The van der Waals surface area contributed by atoms with Crippen LogP contribution in [-0.2, 0) is 11.2 Å². The van der Waals surface area contributed by atoms with Gasteiger partial charge in [0.1, 0.15) is 24.1 Å². The molecule has 0 bridgehead atoms. The molecule has 8 nitrogen and oxygen atoms in total. The van der Waals surface area contributed by atoms with Gasteiger partial charge in [0.25, 0.3) is 5.91 Å². The first-order valence-electron chi connectivity index (χ1n) is 8.77. The predicted octanol–water partition coefficient (Wildman–Crippen LogP) is 2.46. The van der Waals surface area contributed by atoms with Gasteiger partial charge in [0.2, 0.25) is 5.89 Å². The highest BCUT2D eigenvalue weighted by molar-refractivity contribution is 7.12. The van der Waals surface area contributed by atoms with E-state index in [4.69, 9.17) is 18.7 Å². The molecular weight excluding hydrogens is 358 g/mol. The molecule has 0 aliphatic carbocycles. The number of thiophene rings is 1. The molecule has 0 saturated carbocycles. The molecule has 0 spiro atoms. The molecule has 0 radical (unpaired) electrons. The van der Waals surface area contributed by atoms with E-state index in [2.05, 4.69) is 10.1 Å². The first kappa shape index (κ1) is 17.3. The molecule has 2 aromatic heterocycles. The van der Waals surface area contributed by atoms with Crippen molar-refractivity contribution in [3.05, 3.63) is 22.0 Å². The van der Waals surface area contributed by atoms with E-state index in [9.17, 15) is 4.79 Å². The summed E-state index contributed by atoms with van der Waals surface area (Å²) in [6.45, 7) is 2.16. The van der Waals surface area contributed by atoms with Crippen LogP contribution in [0.4, 0.5) is 0 Å². The van der Waals surface area contributed by atoms with Gasteiger partial charge in [0.05, 0.1) is 6.61 Å². The fourth-order valence-corrected chi connectivity index (χ4v) is 4.15. The van der Waals surface area contributed by atoms with E-state index in [0.29, 0.717) is 60.9 Å². The maximum Gasteiger partial charge on any atom is 0.268 e. The molecule has 140 valence electrons. The molecule has 1 amide bonds. The Bertz CT molecular complexity index is 774. The summed E-state index contributed by atoms with van der Waals surface area (Å²) >= 11 is 1.36. The predicted molar refractivity (Wildman–Crippen MR) is 92.8 cm³/mol. The first-order valence-corrected chi connectivity index (χ1v) is 9.65. The lowest BCUT2D eigenvalue weighted by atomic mass is 10.0. The summed E-state index contributed by atoms with van der Waals surface area (Å²) in [6, 6.07) is -0.206. The summed E-state index contributed by atoms with van der Waals surface area (Å²) in [7, 11) is 1.63. The number of amides is 1. The molecule has 1 unspecified atom stereocenters. The molecule has 2 aromatic rings. The normalized spacial score (nSPS) is 19.6. The minimum absolute atomic E-state index is 0.0666. The second-order valence-electron chi connectivity index (χ2n) is 6.26. The molecule has 9 heteroatoms. The quantitative estimate of drug-likeness (QED) is 0.788. The Morgan fingerprint density at radius 3 is 3.15 bits per heavy atom. The third-order valence-electron chi connectivity index (χ3n) is 4.56. The van der Waals surface area contributed by atoms with Crippen LogP contribution in [0, 0.1) is 0 Å². The van der Waals surface area contributed by atoms with E-state index >= 15 is 0 Å². The largest absolute Gasteiger partial charge is 0.485 e. The maximum atomic E-state index is 13.2. The van der Waals surface area contributed by atoms with E-state index in [1.165, 1.54) is 11.3 Å². The van der Waals surface area contributed by atoms with Gasteiger partial charge in [-0.25, -0.2) is 0 Å². The summed E-state index contributed by atoms with van der Waals surface area (Å²) in [5, 5.41) is 5.84. The standard InChI is InChI=1S/C17H21N3O5S/c1-22-7-5-13-18-16(25-19-13)11-4-2-3-6-20(11)17(21)15-14-12(10-26-15)23-8-9-24-14/h10-11H,2-9H2,1H3. The average molecular weight is 379 g/mol. The SMILES string of the molecule is COCCc1noc(C2CCCCN2C(=O)c2scc3c2OCCO3)n1. The number of ether oxygens (including phenoxy) is 3. The number of piperidine rings is 1. The Hall–Kier alpha value is -2.13. The number of likely N-dealkylation sites (tertiary alicyclic amines) is 1. The lowest BCUT2D eigenvalue weighted by Gasteiger charge is -2.33. The van der Waals surface area contributed by atoms with E-state index in [0.717, 1.165) is 19.3 Å². The van der Waals surface area contributed by atoms with Gasteiger partial charge in [-0.2, -0.15) is 4.98 Å². The number of nitrogens with zero attached hydrogens (tertiary/aromatic N) is 3. The van der Waals surface area contributed by atoms with Crippen LogP contribution in [-0.4, -0.2) is 54.4 Å². The minimum atomic E-state index is -0.206. The third kappa shape index (κ3) is 3.28. The Balaban J connectivity index is 1.56. The van der Waals surface area contributed by atoms with Gasteiger partial charge in [-0.3, -0.25) is 4.79 Å². The van der Waals surface area contributed by atoms with E-state index < -0.39 is 0 Å². The zero-order valence-electron chi connectivity index (χ0n) is 14.6. The van der Waals surface area contributed by atoms with Crippen molar-refractivity contribution in [2.75, 3.05) is 33.5 Å². The van der Waals surface area contributed by atoms with Crippen LogP contribution in [0.25, 0.3) is 0 Å². The van der Waals surface area contributed by atoms with Gasteiger partial charge in [-0.15, -0.1) is 11.3 Å². The van der Waals surface area contributed by atoms with Crippen LogP contribution < -0.4 is 9.47 Å². The van der Waals surface area contributed by atoms with Crippen LogP contribution in [0.1, 0.15) is 46.7 Å². The number of hydrogen-bond donors (Lipinski definition) is 0. The second kappa shape index (κ2) is 7.63. The molecule has 0 N–H and O–H groups in total. The molecule has 1 fully saturated rings. The van der Waals surface area contributed by atoms with E-state index in [-0.39, 0.29) is 11.9 Å². The number of hydrogen-bond acceptors (Lipinski definition) is 8. The highest BCUT2D eigenvalue weighted by Crippen LogP contribution is 2.41. The molecular formula is C17H21N3O5S. The van der Waals surface area contributed by atoms with Crippen molar-refractivity contribution in [3.8, 4) is 11.5 Å². The molecule has 2 aliphatic heterocycles. The van der Waals surface area contributed by atoms with Gasteiger partial charge >= 0.3 is 0 Å². The average Bonchev–Trinajstić information content (AvgIpc) is 3.33. The lowest BCUT2D eigenvalue weighted by Crippen LogP contribution is -2.38. The molecule has 2 aliphatic rings. The van der Waals surface area contributed by atoms with Crippen molar-refractivity contribution in [1.29, 1.82) is 0 Å². The van der Waals surface area contributed by atoms with Crippen molar-refractivity contribution < 1.29 is 23.5 Å². The highest BCUT2D eigenvalue weighted by Gasteiger charge is 2.35. The summed E-state index contributed by atoms with van der Waals surface area (Å²) < 4.78 is 21.7. The summed E-state index contributed by atoms with van der Waals surface area (Å²) in [5.41, 5.74) is 0. The van der Waals surface area contributed by atoms with Gasteiger partial charge in [-0.1, -0.05) is 5.16 Å². The van der Waals surface area contributed by atoms with Crippen LogP contribution in [0.2, 0.25) is 0 Å². The molecule has 1 saturated heterocycles. The molecule has 0 aromatic carbocycles. The monoisotopic (exact) mass is 379 g/mol. The van der Waals surface area contributed by atoms with Gasteiger partial charge in [0, 0.05) is 25.5 Å². The summed E-state index contributed by atoms with van der Waals surface area (Å²) in [5.74, 6) is 2.24. The van der Waals surface area contributed by atoms with Crippen molar-refractivity contribution >= 4 is 17.2 Å². The first-order chi connectivity index (χ1) is 12.8. The van der Waals surface area contributed by atoms with E-state index in [1.807, 2.05) is 10.3 Å². The minimum Gasteiger partial charge on any atom is -0.485 e. The molecule has 26 heavy (non-hydrogen) atoms.